The van der Waals surface area contributed by atoms with E-state index in [0.717, 1.165) is 38.0 Å². The van der Waals surface area contributed by atoms with E-state index in [2.05, 4.69) is 50.0 Å². The van der Waals surface area contributed by atoms with E-state index in [1.165, 1.54) is 22.3 Å². The minimum atomic E-state index is 0.0210. The first-order chi connectivity index (χ1) is 13.7. The van der Waals surface area contributed by atoms with Crippen LogP contribution in [0.4, 0.5) is 0 Å². The Bertz CT molecular complexity index is 889. The molecule has 2 aromatic rings. The third kappa shape index (κ3) is 5.53. The molecule has 1 saturated heterocycles. The molecule has 1 aliphatic rings. The normalized spacial score (nSPS) is 16.6. The number of piperidine rings is 1. The zero-order valence-corrected chi connectivity index (χ0v) is 19.2. The summed E-state index contributed by atoms with van der Waals surface area (Å²) >= 11 is 12.3. The number of rotatable bonds is 5. The lowest BCUT2D eigenvalue weighted by Gasteiger charge is -2.32. The maximum Gasteiger partial charge on any atom is 0.223 e. The van der Waals surface area contributed by atoms with Gasteiger partial charge in [0.25, 0.3) is 0 Å². The van der Waals surface area contributed by atoms with Crippen molar-refractivity contribution in [2.45, 2.75) is 53.1 Å². The van der Waals surface area contributed by atoms with Crippen molar-refractivity contribution < 1.29 is 4.79 Å². The number of likely N-dealkylation sites (tertiary alicyclic amines) is 1. The fourth-order valence-electron chi connectivity index (χ4n) is 4.10. The Labute approximate surface area is 184 Å². The Morgan fingerprint density at radius 1 is 1.07 bits per heavy atom. The highest BCUT2D eigenvalue weighted by Gasteiger charge is 2.26. The van der Waals surface area contributed by atoms with Gasteiger partial charge in [-0.2, -0.15) is 0 Å². The van der Waals surface area contributed by atoms with Gasteiger partial charge in [0.15, 0.2) is 0 Å². The number of halogens is 2. The van der Waals surface area contributed by atoms with Crippen LogP contribution in [-0.4, -0.2) is 23.9 Å². The van der Waals surface area contributed by atoms with Gasteiger partial charge in [0, 0.05) is 22.5 Å². The van der Waals surface area contributed by atoms with Crippen molar-refractivity contribution in [3.05, 3.63) is 68.2 Å². The molecule has 1 fully saturated rings. The molecule has 5 heteroatoms. The molecular formula is C24H30Cl2N2O. The van der Waals surface area contributed by atoms with E-state index in [-0.39, 0.29) is 17.9 Å². The molecule has 29 heavy (non-hydrogen) atoms. The first-order valence-corrected chi connectivity index (χ1v) is 11.0. The van der Waals surface area contributed by atoms with Gasteiger partial charge in [-0.05, 0) is 93.6 Å². The standard InChI is InChI=1S/C24H30Cl2N2O/c1-15-11-17(3)22(12-16(15)2)18(4)27-24(29)19-7-9-28(10-8-19)14-20-5-6-21(25)13-23(20)26/h5-6,11-13,18-19H,7-10,14H2,1-4H3,(H,27,29). The molecule has 0 aliphatic carbocycles. The van der Waals surface area contributed by atoms with Gasteiger partial charge in [-0.1, -0.05) is 41.4 Å². The average Bonchev–Trinajstić information content (AvgIpc) is 2.67. The average molecular weight is 433 g/mol. The molecule has 0 bridgehead atoms. The van der Waals surface area contributed by atoms with Gasteiger partial charge in [0.05, 0.1) is 6.04 Å². The van der Waals surface area contributed by atoms with Crippen LogP contribution in [0.2, 0.25) is 10.0 Å². The topological polar surface area (TPSA) is 32.3 Å². The summed E-state index contributed by atoms with van der Waals surface area (Å²) < 4.78 is 0. The Balaban J connectivity index is 1.54. The van der Waals surface area contributed by atoms with Crippen molar-refractivity contribution in [2.75, 3.05) is 13.1 Å². The molecule has 0 spiro atoms. The molecule has 1 aliphatic heterocycles. The SMILES string of the molecule is Cc1cc(C)c(C(C)NC(=O)C2CCN(Cc3ccc(Cl)cc3Cl)CC2)cc1C. The molecule has 1 unspecified atom stereocenters. The van der Waals surface area contributed by atoms with Crippen LogP contribution in [-0.2, 0) is 11.3 Å². The number of hydrogen-bond donors (Lipinski definition) is 1. The number of amides is 1. The summed E-state index contributed by atoms with van der Waals surface area (Å²) in [4.78, 5) is 15.2. The molecule has 3 rings (SSSR count). The summed E-state index contributed by atoms with van der Waals surface area (Å²) in [6, 6.07) is 10.1. The molecule has 0 aromatic heterocycles. The molecule has 1 amide bonds. The predicted octanol–water partition coefficient (Wildman–Crippen LogP) is 6.01. The van der Waals surface area contributed by atoms with Crippen LogP contribution >= 0.6 is 23.2 Å². The lowest BCUT2D eigenvalue weighted by Crippen LogP contribution is -2.41. The quantitative estimate of drug-likeness (QED) is 0.627. The summed E-state index contributed by atoms with van der Waals surface area (Å²) in [5, 5.41) is 4.60. The van der Waals surface area contributed by atoms with Crippen molar-refractivity contribution in [3.63, 3.8) is 0 Å². The van der Waals surface area contributed by atoms with Crippen LogP contribution in [0.5, 0.6) is 0 Å². The fourth-order valence-corrected chi connectivity index (χ4v) is 4.57. The second-order valence-corrected chi connectivity index (χ2v) is 9.15. The van der Waals surface area contributed by atoms with Gasteiger partial charge < -0.3 is 5.32 Å². The van der Waals surface area contributed by atoms with E-state index in [1.54, 1.807) is 6.07 Å². The van der Waals surface area contributed by atoms with Crippen LogP contribution in [0.3, 0.4) is 0 Å². The van der Waals surface area contributed by atoms with Crippen LogP contribution in [0, 0.1) is 26.7 Å². The smallest absolute Gasteiger partial charge is 0.223 e. The summed E-state index contributed by atoms with van der Waals surface area (Å²) in [7, 11) is 0. The van der Waals surface area contributed by atoms with Crippen molar-refractivity contribution in [1.29, 1.82) is 0 Å². The Morgan fingerprint density at radius 2 is 1.72 bits per heavy atom. The van der Waals surface area contributed by atoms with E-state index in [4.69, 9.17) is 23.2 Å². The summed E-state index contributed by atoms with van der Waals surface area (Å²) in [6.45, 7) is 11.0. The van der Waals surface area contributed by atoms with Gasteiger partial charge in [-0.3, -0.25) is 9.69 Å². The minimum absolute atomic E-state index is 0.0210. The number of nitrogens with one attached hydrogen (secondary N) is 1. The van der Waals surface area contributed by atoms with Gasteiger partial charge >= 0.3 is 0 Å². The summed E-state index contributed by atoms with van der Waals surface area (Å²) in [6.07, 6.45) is 1.74. The fraction of sp³-hybridized carbons (Fsp3) is 0.458. The van der Waals surface area contributed by atoms with E-state index < -0.39 is 0 Å². The second-order valence-electron chi connectivity index (χ2n) is 8.31. The molecule has 0 saturated carbocycles. The maximum absolute atomic E-state index is 12.8. The van der Waals surface area contributed by atoms with Crippen LogP contribution < -0.4 is 5.32 Å². The first kappa shape index (κ1) is 22.1. The molecule has 1 N–H and O–H groups in total. The second kappa shape index (κ2) is 9.51. The molecular weight excluding hydrogens is 403 g/mol. The highest BCUT2D eigenvalue weighted by Crippen LogP contribution is 2.26. The van der Waals surface area contributed by atoms with Gasteiger partial charge in [0.1, 0.15) is 0 Å². The van der Waals surface area contributed by atoms with Crippen molar-refractivity contribution in [3.8, 4) is 0 Å². The predicted molar refractivity (Wildman–Crippen MR) is 122 cm³/mol. The van der Waals surface area contributed by atoms with Crippen molar-refractivity contribution >= 4 is 29.1 Å². The van der Waals surface area contributed by atoms with Crippen LogP contribution in [0.15, 0.2) is 30.3 Å². The molecule has 156 valence electrons. The highest BCUT2D eigenvalue weighted by atomic mass is 35.5. The van der Waals surface area contributed by atoms with E-state index >= 15 is 0 Å². The number of hydrogen-bond acceptors (Lipinski definition) is 2. The highest BCUT2D eigenvalue weighted by molar-refractivity contribution is 6.35. The molecule has 1 heterocycles. The molecule has 1 atom stereocenters. The number of benzene rings is 2. The zero-order chi connectivity index (χ0) is 21.1. The summed E-state index contributed by atoms with van der Waals surface area (Å²) in [5.41, 5.74) is 6.07. The Hall–Kier alpha value is -1.55. The van der Waals surface area contributed by atoms with Gasteiger partial charge in [0.2, 0.25) is 5.91 Å². The third-order valence-electron chi connectivity index (χ3n) is 6.08. The third-order valence-corrected chi connectivity index (χ3v) is 6.66. The van der Waals surface area contributed by atoms with Gasteiger partial charge in [-0.15, -0.1) is 0 Å². The lowest BCUT2D eigenvalue weighted by molar-refractivity contribution is -0.127. The minimum Gasteiger partial charge on any atom is -0.349 e. The first-order valence-electron chi connectivity index (χ1n) is 10.3. The Morgan fingerprint density at radius 3 is 2.38 bits per heavy atom. The monoisotopic (exact) mass is 432 g/mol. The number of carbonyl (C=O) groups is 1. The van der Waals surface area contributed by atoms with Crippen molar-refractivity contribution in [1.82, 2.24) is 10.2 Å². The molecule has 2 aromatic carbocycles. The largest absolute Gasteiger partial charge is 0.349 e. The Kier molecular flexibility index (Phi) is 7.26. The van der Waals surface area contributed by atoms with Crippen LogP contribution in [0.25, 0.3) is 0 Å². The number of carbonyl (C=O) groups excluding carboxylic acids is 1. The maximum atomic E-state index is 12.8. The number of aryl methyl sites for hydroxylation is 3. The van der Waals surface area contributed by atoms with Gasteiger partial charge in [-0.25, -0.2) is 0 Å². The molecule has 0 radical (unpaired) electrons. The summed E-state index contributed by atoms with van der Waals surface area (Å²) in [5.74, 6) is 0.237. The number of nitrogens with zero attached hydrogens (tertiary/aromatic N) is 1. The zero-order valence-electron chi connectivity index (χ0n) is 17.7. The van der Waals surface area contributed by atoms with E-state index in [9.17, 15) is 4.79 Å². The van der Waals surface area contributed by atoms with Crippen LogP contribution in [0.1, 0.15) is 53.6 Å². The van der Waals surface area contributed by atoms with E-state index in [0.29, 0.717) is 10.0 Å². The molecule has 3 nitrogen and oxygen atoms in total. The van der Waals surface area contributed by atoms with Crippen molar-refractivity contribution in [2.24, 2.45) is 5.92 Å². The van der Waals surface area contributed by atoms with E-state index in [1.807, 2.05) is 12.1 Å². The lowest BCUT2D eigenvalue weighted by atomic mass is 9.93.